The van der Waals surface area contributed by atoms with Crippen LogP contribution in [-0.2, 0) is 22.8 Å². The van der Waals surface area contributed by atoms with Gasteiger partial charge in [0.15, 0.2) is 0 Å². The molecule has 0 aliphatic rings. The molecule has 0 amide bonds. The minimum atomic E-state index is -2.47. The number of hydrogen-bond acceptors (Lipinski definition) is 6. The molecule has 144 valence electrons. The monoisotopic (exact) mass is 363 g/mol. The summed E-state index contributed by atoms with van der Waals surface area (Å²) in [5.74, 6) is 0.379. The van der Waals surface area contributed by atoms with Crippen LogP contribution in [0.3, 0.4) is 0 Å². The van der Waals surface area contributed by atoms with Gasteiger partial charge >= 0.3 is 14.8 Å². The Morgan fingerprint density at radius 2 is 1.71 bits per heavy atom. The van der Waals surface area contributed by atoms with E-state index in [-0.39, 0.29) is 5.97 Å². The molecule has 0 aliphatic heterocycles. The van der Waals surface area contributed by atoms with Gasteiger partial charge in [0, 0.05) is 33.9 Å². The highest BCUT2D eigenvalue weighted by Crippen LogP contribution is 2.14. The number of esters is 1. The van der Waals surface area contributed by atoms with Crippen molar-refractivity contribution in [2.75, 3.05) is 41.0 Å². The summed E-state index contributed by atoms with van der Waals surface area (Å²) in [7, 11) is 2.38. The van der Waals surface area contributed by atoms with Crippen LogP contribution in [0.1, 0.15) is 52.4 Å². The van der Waals surface area contributed by atoms with E-state index in [1.165, 1.54) is 12.8 Å². The van der Waals surface area contributed by atoms with Gasteiger partial charge in [-0.3, -0.25) is 4.79 Å². The highest BCUT2D eigenvalue weighted by Gasteiger charge is 2.36. The summed E-state index contributed by atoms with van der Waals surface area (Å²) < 4.78 is 21.5. The first-order valence-corrected chi connectivity index (χ1v) is 11.0. The quantitative estimate of drug-likeness (QED) is 0.258. The second-order valence-electron chi connectivity index (χ2n) is 6.00. The fraction of sp³-hybridized carbons (Fsp3) is 0.941. The van der Waals surface area contributed by atoms with Gasteiger partial charge in [-0.2, -0.15) is 0 Å². The minimum absolute atomic E-state index is 0.119. The second kappa shape index (κ2) is 14.8. The van der Waals surface area contributed by atoms with E-state index in [0.29, 0.717) is 25.5 Å². The van der Waals surface area contributed by atoms with E-state index in [1.54, 1.807) is 21.3 Å². The Morgan fingerprint density at radius 1 is 1.04 bits per heavy atom. The third-order valence-electron chi connectivity index (χ3n) is 4.30. The Bertz CT molecular complexity index is 305. The van der Waals surface area contributed by atoms with E-state index in [0.717, 1.165) is 31.9 Å². The first kappa shape index (κ1) is 23.5. The summed E-state index contributed by atoms with van der Waals surface area (Å²) in [4.78, 5) is 11.8. The van der Waals surface area contributed by atoms with E-state index in [1.807, 2.05) is 0 Å². The molecule has 6 nitrogen and oxygen atoms in total. The highest BCUT2D eigenvalue weighted by atomic mass is 28.4. The van der Waals surface area contributed by atoms with Crippen molar-refractivity contribution in [1.82, 2.24) is 5.32 Å². The van der Waals surface area contributed by atoms with Gasteiger partial charge in [0.05, 0.1) is 13.0 Å². The molecule has 0 aromatic carbocycles. The topological polar surface area (TPSA) is 66.0 Å². The molecule has 0 spiro atoms. The van der Waals surface area contributed by atoms with Crippen LogP contribution in [0.2, 0.25) is 6.04 Å². The summed E-state index contributed by atoms with van der Waals surface area (Å²) in [6.07, 6.45) is 5.89. The first-order valence-electron chi connectivity index (χ1n) is 9.09. The molecule has 1 N–H and O–H groups in total. The summed E-state index contributed by atoms with van der Waals surface area (Å²) in [6.45, 7) is 6.32. The predicted molar refractivity (Wildman–Crippen MR) is 98.0 cm³/mol. The largest absolute Gasteiger partial charge is 0.500 e. The van der Waals surface area contributed by atoms with E-state index in [9.17, 15) is 4.79 Å². The standard InChI is InChI=1S/C17H37NO5Si/c1-6-8-10-16(7-2)15-23-17(19)11-13-18-12-9-14-24(20-3,21-4)22-5/h16,18H,6-15H2,1-5H3. The van der Waals surface area contributed by atoms with E-state index >= 15 is 0 Å². The van der Waals surface area contributed by atoms with Crippen molar-refractivity contribution >= 4 is 14.8 Å². The molecular weight excluding hydrogens is 326 g/mol. The molecular formula is C17H37NO5Si. The van der Waals surface area contributed by atoms with Crippen LogP contribution in [0.4, 0.5) is 0 Å². The lowest BCUT2D eigenvalue weighted by Crippen LogP contribution is -2.43. The van der Waals surface area contributed by atoms with Gasteiger partial charge in [0.1, 0.15) is 0 Å². The van der Waals surface area contributed by atoms with Crippen LogP contribution in [-0.4, -0.2) is 55.8 Å². The van der Waals surface area contributed by atoms with Crippen molar-refractivity contribution < 1.29 is 22.8 Å². The zero-order valence-electron chi connectivity index (χ0n) is 16.2. The van der Waals surface area contributed by atoms with Gasteiger partial charge < -0.3 is 23.3 Å². The molecule has 0 rings (SSSR count). The number of hydrogen-bond donors (Lipinski definition) is 1. The molecule has 0 heterocycles. The number of carbonyl (C=O) groups is 1. The van der Waals surface area contributed by atoms with Crippen LogP contribution in [0, 0.1) is 5.92 Å². The Morgan fingerprint density at radius 3 is 2.25 bits per heavy atom. The number of ether oxygens (including phenoxy) is 1. The highest BCUT2D eigenvalue weighted by molar-refractivity contribution is 6.60. The van der Waals surface area contributed by atoms with Gasteiger partial charge in [-0.05, 0) is 25.3 Å². The Balaban J connectivity index is 3.71. The third-order valence-corrected chi connectivity index (χ3v) is 7.13. The molecule has 0 aromatic rings. The van der Waals surface area contributed by atoms with E-state index < -0.39 is 8.80 Å². The number of rotatable bonds is 16. The lowest BCUT2D eigenvalue weighted by molar-refractivity contribution is -0.145. The molecule has 24 heavy (non-hydrogen) atoms. The maximum Gasteiger partial charge on any atom is 0.500 e. The smallest absolute Gasteiger partial charge is 0.465 e. The second-order valence-corrected chi connectivity index (χ2v) is 9.09. The minimum Gasteiger partial charge on any atom is -0.465 e. The van der Waals surface area contributed by atoms with Crippen LogP contribution < -0.4 is 5.32 Å². The van der Waals surface area contributed by atoms with Crippen LogP contribution in [0.5, 0.6) is 0 Å². The normalized spacial score (nSPS) is 13.0. The first-order chi connectivity index (χ1) is 11.6. The molecule has 1 atom stereocenters. The van der Waals surface area contributed by atoms with E-state index in [2.05, 4.69) is 19.2 Å². The number of carbonyl (C=O) groups excluding carboxylic acids is 1. The lowest BCUT2D eigenvalue weighted by atomic mass is 10.0. The Hall–Kier alpha value is -0.473. The fourth-order valence-electron chi connectivity index (χ4n) is 2.48. The molecule has 1 unspecified atom stereocenters. The van der Waals surface area contributed by atoms with Gasteiger partial charge in [0.25, 0.3) is 0 Å². The zero-order chi connectivity index (χ0) is 18.3. The van der Waals surface area contributed by atoms with E-state index in [4.69, 9.17) is 18.0 Å². The SMILES string of the molecule is CCCCC(CC)COC(=O)CCNCCC[Si](OC)(OC)OC. The molecule has 0 aliphatic carbocycles. The predicted octanol–water partition coefficient (Wildman–Crippen LogP) is 2.99. The molecule has 7 heteroatoms. The molecule has 0 bridgehead atoms. The summed E-state index contributed by atoms with van der Waals surface area (Å²) in [5.41, 5.74) is 0. The number of nitrogens with one attached hydrogen (secondary N) is 1. The van der Waals surface area contributed by atoms with Crippen molar-refractivity contribution in [3.63, 3.8) is 0 Å². The zero-order valence-corrected chi connectivity index (χ0v) is 17.2. The van der Waals surface area contributed by atoms with Gasteiger partial charge in [-0.1, -0.05) is 33.1 Å². The van der Waals surface area contributed by atoms with Crippen LogP contribution in [0.15, 0.2) is 0 Å². The fourth-order valence-corrected chi connectivity index (χ4v) is 4.20. The van der Waals surface area contributed by atoms with Crippen molar-refractivity contribution in [2.45, 2.75) is 58.4 Å². The number of unbranched alkanes of at least 4 members (excludes halogenated alkanes) is 1. The maximum atomic E-state index is 11.8. The molecule has 0 saturated heterocycles. The summed E-state index contributed by atoms with van der Waals surface area (Å²) in [5, 5.41) is 3.25. The molecule has 0 radical (unpaired) electrons. The molecule has 0 fully saturated rings. The van der Waals surface area contributed by atoms with Crippen molar-refractivity contribution in [2.24, 2.45) is 5.92 Å². The van der Waals surface area contributed by atoms with Gasteiger partial charge in [-0.15, -0.1) is 0 Å². The lowest BCUT2D eigenvalue weighted by Gasteiger charge is -2.24. The molecule has 0 saturated carbocycles. The Labute approximate surface area is 148 Å². The average Bonchev–Trinajstić information content (AvgIpc) is 2.62. The molecule has 0 aromatic heterocycles. The van der Waals surface area contributed by atoms with Crippen molar-refractivity contribution in [1.29, 1.82) is 0 Å². The van der Waals surface area contributed by atoms with Crippen molar-refractivity contribution in [3.8, 4) is 0 Å². The van der Waals surface area contributed by atoms with Crippen LogP contribution >= 0.6 is 0 Å². The van der Waals surface area contributed by atoms with Crippen LogP contribution in [0.25, 0.3) is 0 Å². The average molecular weight is 364 g/mol. The maximum absolute atomic E-state index is 11.8. The van der Waals surface area contributed by atoms with Crippen molar-refractivity contribution in [3.05, 3.63) is 0 Å². The third kappa shape index (κ3) is 10.4. The summed E-state index contributed by atoms with van der Waals surface area (Å²) in [6, 6.07) is 0.754. The summed E-state index contributed by atoms with van der Waals surface area (Å²) >= 11 is 0. The van der Waals surface area contributed by atoms with Gasteiger partial charge in [-0.25, -0.2) is 0 Å². The van der Waals surface area contributed by atoms with Gasteiger partial charge in [0.2, 0.25) is 0 Å². The Kier molecular flexibility index (Phi) is 14.5.